The summed E-state index contributed by atoms with van der Waals surface area (Å²) in [6.45, 7) is 2.66. The molecule has 5 rings (SSSR count). The van der Waals surface area contributed by atoms with Crippen molar-refractivity contribution in [2.75, 3.05) is 39.4 Å². The van der Waals surface area contributed by atoms with Gasteiger partial charge in [-0.15, -0.1) is 0 Å². The summed E-state index contributed by atoms with van der Waals surface area (Å²) in [5.41, 5.74) is 2.41. The van der Waals surface area contributed by atoms with E-state index in [1.807, 2.05) is 30.3 Å². The molecular formula is C23H25N5O5. The number of nitrogens with zero attached hydrogens (tertiary/aromatic N) is 4. The lowest BCUT2D eigenvalue weighted by Crippen LogP contribution is -2.41. The fraction of sp³-hybridized carbons (Fsp3) is 0.391. The van der Waals surface area contributed by atoms with Crippen molar-refractivity contribution in [3.63, 3.8) is 0 Å². The molecule has 0 atom stereocenters. The van der Waals surface area contributed by atoms with Crippen LogP contribution in [0, 0.1) is 0 Å². The van der Waals surface area contributed by atoms with Gasteiger partial charge in [0.1, 0.15) is 16.9 Å². The van der Waals surface area contributed by atoms with Crippen LogP contribution in [0.4, 0.5) is 4.79 Å². The van der Waals surface area contributed by atoms with Crippen molar-refractivity contribution in [3.05, 3.63) is 58.0 Å². The van der Waals surface area contributed by atoms with E-state index in [4.69, 9.17) is 9.84 Å². The molecule has 0 aliphatic carbocycles. The molecule has 2 saturated heterocycles. The van der Waals surface area contributed by atoms with Gasteiger partial charge in [0, 0.05) is 43.7 Å². The number of ether oxygens (including phenoxy) is 1. The number of rotatable bonds is 3. The molecule has 0 saturated carbocycles. The highest BCUT2D eigenvalue weighted by Crippen LogP contribution is 2.31. The number of morpholine rings is 1. The van der Waals surface area contributed by atoms with Gasteiger partial charge in [-0.05, 0) is 12.8 Å². The molecule has 2 N–H and O–H groups in total. The van der Waals surface area contributed by atoms with Crippen LogP contribution in [0.3, 0.4) is 0 Å². The molecule has 2 aliphatic heterocycles. The number of carboxylic acid groups (broad SMARTS) is 1. The van der Waals surface area contributed by atoms with E-state index in [0.29, 0.717) is 74.8 Å². The highest BCUT2D eigenvalue weighted by Gasteiger charge is 2.31. The minimum absolute atomic E-state index is 0.0414. The standard InChI is InChI=1S/C23H25N5O5/c29-18-14-17(15-6-8-27(9-7-15)23(31)32)28-21(24-18)19(22(30)26-10-12-33-13-11-26)20(25-28)16-4-2-1-3-5-16/h1-5,14-15H,6-13H2,(H,24,29)(H,31,32). The number of hydrogen-bond acceptors (Lipinski definition) is 5. The van der Waals surface area contributed by atoms with Gasteiger partial charge < -0.3 is 24.6 Å². The summed E-state index contributed by atoms with van der Waals surface area (Å²) in [7, 11) is 0. The summed E-state index contributed by atoms with van der Waals surface area (Å²) < 4.78 is 7.06. The first-order chi connectivity index (χ1) is 16.0. The monoisotopic (exact) mass is 451 g/mol. The smallest absolute Gasteiger partial charge is 0.407 e. The zero-order chi connectivity index (χ0) is 22.9. The topological polar surface area (TPSA) is 120 Å². The fourth-order valence-corrected chi connectivity index (χ4v) is 4.65. The van der Waals surface area contributed by atoms with E-state index >= 15 is 0 Å². The molecule has 172 valence electrons. The van der Waals surface area contributed by atoms with E-state index in [1.54, 1.807) is 9.42 Å². The third-order valence-corrected chi connectivity index (χ3v) is 6.39. The summed E-state index contributed by atoms with van der Waals surface area (Å²) in [5.74, 6) is -0.235. The maximum absolute atomic E-state index is 13.6. The normalized spacial score (nSPS) is 17.5. The number of fused-ring (bicyclic) bond motifs is 1. The molecule has 2 amide bonds. The summed E-state index contributed by atoms with van der Waals surface area (Å²) in [5, 5.41) is 14.1. The van der Waals surface area contributed by atoms with Gasteiger partial charge >= 0.3 is 6.09 Å². The second-order valence-electron chi connectivity index (χ2n) is 8.36. The molecule has 2 aliphatic rings. The third kappa shape index (κ3) is 3.97. The average Bonchev–Trinajstić information content (AvgIpc) is 3.23. The van der Waals surface area contributed by atoms with E-state index in [9.17, 15) is 19.5 Å². The molecule has 0 spiro atoms. The second-order valence-corrected chi connectivity index (χ2v) is 8.36. The number of amides is 2. The van der Waals surface area contributed by atoms with Crippen LogP contribution in [0.15, 0.2) is 41.2 Å². The van der Waals surface area contributed by atoms with Crippen molar-refractivity contribution < 1.29 is 19.4 Å². The Kier molecular flexibility index (Phi) is 5.59. The first-order valence-electron chi connectivity index (χ1n) is 11.1. The van der Waals surface area contributed by atoms with Gasteiger partial charge in [-0.1, -0.05) is 30.3 Å². The molecule has 4 heterocycles. The zero-order valence-corrected chi connectivity index (χ0v) is 18.1. The Balaban J connectivity index is 1.64. The van der Waals surface area contributed by atoms with Crippen molar-refractivity contribution in [2.24, 2.45) is 0 Å². The highest BCUT2D eigenvalue weighted by atomic mass is 16.5. The molecule has 0 bridgehead atoms. The van der Waals surface area contributed by atoms with Gasteiger partial charge in [0.2, 0.25) is 0 Å². The number of carbonyl (C=O) groups is 2. The quantitative estimate of drug-likeness (QED) is 0.629. The van der Waals surface area contributed by atoms with Crippen molar-refractivity contribution >= 4 is 17.6 Å². The van der Waals surface area contributed by atoms with E-state index in [1.165, 1.54) is 11.0 Å². The van der Waals surface area contributed by atoms with Gasteiger partial charge in [-0.25, -0.2) is 9.31 Å². The lowest BCUT2D eigenvalue weighted by molar-refractivity contribution is 0.0304. The molecule has 10 nitrogen and oxygen atoms in total. The molecule has 1 aromatic carbocycles. The Hall–Kier alpha value is -3.66. The van der Waals surface area contributed by atoms with Crippen LogP contribution < -0.4 is 5.56 Å². The Morgan fingerprint density at radius 2 is 1.73 bits per heavy atom. The largest absolute Gasteiger partial charge is 0.465 e. The summed E-state index contributed by atoms with van der Waals surface area (Å²) in [6, 6.07) is 11.0. The maximum atomic E-state index is 13.6. The maximum Gasteiger partial charge on any atom is 0.407 e. The highest BCUT2D eigenvalue weighted by molar-refractivity contribution is 6.05. The minimum atomic E-state index is -0.937. The fourth-order valence-electron chi connectivity index (χ4n) is 4.65. The summed E-state index contributed by atoms with van der Waals surface area (Å²) >= 11 is 0. The summed E-state index contributed by atoms with van der Waals surface area (Å²) in [4.78, 5) is 43.5. The van der Waals surface area contributed by atoms with Crippen molar-refractivity contribution in [1.29, 1.82) is 0 Å². The predicted molar refractivity (Wildman–Crippen MR) is 120 cm³/mol. The van der Waals surface area contributed by atoms with E-state index in [-0.39, 0.29) is 17.4 Å². The number of aromatic nitrogens is 3. The molecule has 3 aromatic rings. The molecule has 0 radical (unpaired) electrons. The van der Waals surface area contributed by atoms with Gasteiger partial charge in [0.15, 0.2) is 0 Å². The molecular weight excluding hydrogens is 426 g/mol. The number of benzene rings is 1. The predicted octanol–water partition coefficient (Wildman–Crippen LogP) is 2.02. The Morgan fingerprint density at radius 1 is 1.03 bits per heavy atom. The van der Waals surface area contributed by atoms with Crippen LogP contribution in [0.2, 0.25) is 0 Å². The van der Waals surface area contributed by atoms with E-state index < -0.39 is 6.09 Å². The van der Waals surface area contributed by atoms with Crippen molar-refractivity contribution in [2.45, 2.75) is 18.8 Å². The van der Waals surface area contributed by atoms with Crippen molar-refractivity contribution in [3.8, 4) is 11.3 Å². The number of H-pyrrole nitrogens is 1. The van der Waals surface area contributed by atoms with E-state index in [2.05, 4.69) is 4.98 Å². The molecule has 33 heavy (non-hydrogen) atoms. The molecule has 10 heteroatoms. The first kappa shape index (κ1) is 21.2. The molecule has 2 aromatic heterocycles. The number of piperidine rings is 1. The van der Waals surface area contributed by atoms with Gasteiger partial charge in [0.25, 0.3) is 11.5 Å². The number of nitrogens with one attached hydrogen (secondary N) is 1. The molecule has 0 unspecified atom stereocenters. The van der Waals surface area contributed by atoms with Crippen LogP contribution in [-0.4, -0.2) is 80.9 Å². The number of aromatic amines is 1. The van der Waals surface area contributed by atoms with Gasteiger partial charge in [0.05, 0.1) is 18.9 Å². The lowest BCUT2D eigenvalue weighted by Gasteiger charge is -2.30. The van der Waals surface area contributed by atoms with Crippen LogP contribution in [0.1, 0.15) is 34.8 Å². The van der Waals surface area contributed by atoms with Crippen LogP contribution >= 0.6 is 0 Å². The Bertz CT molecular complexity index is 1240. The summed E-state index contributed by atoms with van der Waals surface area (Å²) in [6.07, 6.45) is 0.226. The third-order valence-electron chi connectivity index (χ3n) is 6.39. The first-order valence-corrected chi connectivity index (χ1v) is 11.1. The minimum Gasteiger partial charge on any atom is -0.465 e. The number of carbonyl (C=O) groups excluding carboxylic acids is 1. The number of hydrogen-bond donors (Lipinski definition) is 2. The second kappa shape index (κ2) is 8.70. The van der Waals surface area contributed by atoms with Crippen molar-refractivity contribution in [1.82, 2.24) is 24.4 Å². The molecule has 2 fully saturated rings. The Morgan fingerprint density at radius 3 is 2.39 bits per heavy atom. The van der Waals surface area contributed by atoms with Crippen LogP contribution in [0.25, 0.3) is 16.9 Å². The van der Waals surface area contributed by atoms with Gasteiger partial charge in [-0.2, -0.15) is 5.10 Å². The van der Waals surface area contributed by atoms with Crippen LogP contribution in [0.5, 0.6) is 0 Å². The van der Waals surface area contributed by atoms with E-state index in [0.717, 1.165) is 5.56 Å². The number of likely N-dealkylation sites (tertiary alicyclic amines) is 1. The van der Waals surface area contributed by atoms with Gasteiger partial charge in [-0.3, -0.25) is 9.59 Å². The Labute approximate surface area is 189 Å². The zero-order valence-electron chi connectivity index (χ0n) is 18.1. The SMILES string of the molecule is O=C(O)N1CCC(c2cc(=O)[nH]c3c(C(=O)N4CCOCC4)c(-c4ccccc4)nn23)CC1. The lowest BCUT2D eigenvalue weighted by atomic mass is 9.93. The average molecular weight is 451 g/mol. The van der Waals surface area contributed by atoms with Crippen LogP contribution in [-0.2, 0) is 4.74 Å².